The highest BCUT2D eigenvalue weighted by Crippen LogP contribution is 2.46. The van der Waals surface area contributed by atoms with Gasteiger partial charge in [-0.25, -0.2) is 8.42 Å². The van der Waals surface area contributed by atoms with Crippen molar-refractivity contribution in [3.8, 4) is 0 Å². The molecule has 4 rings (SSSR count). The average Bonchev–Trinajstić information content (AvgIpc) is 2.86. The first-order valence-electron chi connectivity index (χ1n) is 7.97. The fourth-order valence-corrected chi connectivity index (χ4v) is 6.67. The van der Waals surface area contributed by atoms with Gasteiger partial charge in [0, 0.05) is 31.6 Å². The summed E-state index contributed by atoms with van der Waals surface area (Å²) in [5.74, 6) is -0.0333. The van der Waals surface area contributed by atoms with Crippen LogP contribution in [0.2, 0.25) is 5.02 Å². The van der Waals surface area contributed by atoms with Gasteiger partial charge in [0.25, 0.3) is 0 Å². The lowest BCUT2D eigenvalue weighted by Crippen LogP contribution is -2.56. The molecule has 0 unspecified atom stereocenters. The second kappa shape index (κ2) is 5.42. The van der Waals surface area contributed by atoms with E-state index in [0.29, 0.717) is 24.5 Å². The predicted molar refractivity (Wildman–Crippen MR) is 89.0 cm³/mol. The molecule has 24 heavy (non-hydrogen) atoms. The zero-order chi connectivity index (χ0) is 17.1. The standard InChI is InChI=1S/C16H19ClN2O4S/c1-11(20)18-8-14-6-15-16(9-18,23-14)10-19(24(15,21)22)7-12-3-2-4-13(17)5-12/h2-5,14-15H,6-10H2,1H3/t14-,15+,16+/m0/s1. The van der Waals surface area contributed by atoms with Gasteiger partial charge < -0.3 is 9.64 Å². The summed E-state index contributed by atoms with van der Waals surface area (Å²) in [6, 6.07) is 7.20. The number of hydrogen-bond donors (Lipinski definition) is 0. The van der Waals surface area contributed by atoms with Crippen LogP contribution in [0.3, 0.4) is 0 Å². The van der Waals surface area contributed by atoms with E-state index in [4.69, 9.17) is 16.3 Å². The molecule has 0 aromatic heterocycles. The molecule has 0 N–H and O–H groups in total. The summed E-state index contributed by atoms with van der Waals surface area (Å²) in [6.07, 6.45) is 0.272. The van der Waals surface area contributed by atoms with E-state index in [1.54, 1.807) is 17.0 Å². The van der Waals surface area contributed by atoms with E-state index in [9.17, 15) is 13.2 Å². The number of fused-ring (bicyclic) bond motifs is 1. The molecule has 0 radical (unpaired) electrons. The summed E-state index contributed by atoms with van der Waals surface area (Å²) in [4.78, 5) is 13.5. The number of likely N-dealkylation sites (tertiary alicyclic amines) is 1. The average molecular weight is 371 g/mol. The van der Waals surface area contributed by atoms with Crippen molar-refractivity contribution >= 4 is 27.5 Å². The highest BCUT2D eigenvalue weighted by atomic mass is 35.5. The van der Waals surface area contributed by atoms with Gasteiger partial charge in [-0.05, 0) is 24.1 Å². The monoisotopic (exact) mass is 370 g/mol. The first-order chi connectivity index (χ1) is 11.3. The van der Waals surface area contributed by atoms with E-state index in [2.05, 4.69) is 0 Å². The Morgan fingerprint density at radius 3 is 2.92 bits per heavy atom. The Balaban J connectivity index is 1.63. The van der Waals surface area contributed by atoms with E-state index >= 15 is 0 Å². The van der Waals surface area contributed by atoms with Crippen LogP contribution >= 0.6 is 11.6 Å². The smallest absolute Gasteiger partial charge is 0.220 e. The third-order valence-electron chi connectivity index (χ3n) is 5.20. The normalized spacial score (nSPS) is 34.3. The maximum Gasteiger partial charge on any atom is 0.220 e. The number of sulfonamides is 1. The summed E-state index contributed by atoms with van der Waals surface area (Å²) in [5, 5.41) is 0.0118. The molecule has 3 saturated heterocycles. The molecular formula is C16H19ClN2O4S. The SMILES string of the molecule is CC(=O)N1C[C@@H]2C[C@@H]3[C@@](C1)(CN(Cc1cccc(Cl)c1)S3(=O)=O)O2. The van der Waals surface area contributed by atoms with Crippen molar-refractivity contribution in [3.63, 3.8) is 0 Å². The third kappa shape index (κ3) is 2.45. The molecule has 3 fully saturated rings. The van der Waals surface area contributed by atoms with E-state index in [1.807, 2.05) is 12.1 Å². The Labute approximate surface area is 146 Å². The van der Waals surface area contributed by atoms with Crippen LogP contribution in [0.1, 0.15) is 18.9 Å². The molecule has 0 aliphatic carbocycles. The number of ether oxygens (including phenoxy) is 1. The van der Waals surface area contributed by atoms with Gasteiger partial charge in [0.2, 0.25) is 15.9 Å². The first kappa shape index (κ1) is 16.3. The molecule has 8 heteroatoms. The van der Waals surface area contributed by atoms with Gasteiger partial charge in [-0.15, -0.1) is 0 Å². The maximum atomic E-state index is 13.0. The summed E-state index contributed by atoms with van der Waals surface area (Å²) in [6.45, 7) is 2.90. The highest BCUT2D eigenvalue weighted by molar-refractivity contribution is 7.90. The van der Waals surface area contributed by atoms with Gasteiger partial charge >= 0.3 is 0 Å². The Kier molecular flexibility index (Phi) is 3.69. The Hall–Kier alpha value is -1.15. The number of carbonyl (C=O) groups is 1. The molecule has 0 saturated carbocycles. The van der Waals surface area contributed by atoms with Gasteiger partial charge in [-0.2, -0.15) is 4.31 Å². The lowest BCUT2D eigenvalue weighted by Gasteiger charge is -2.39. The minimum atomic E-state index is -3.46. The quantitative estimate of drug-likeness (QED) is 0.785. The first-order valence-corrected chi connectivity index (χ1v) is 9.85. The molecule has 3 aliphatic heterocycles. The summed E-state index contributed by atoms with van der Waals surface area (Å²) in [5.41, 5.74) is 0.0460. The molecule has 3 atom stereocenters. The second-order valence-electron chi connectivity index (χ2n) is 6.87. The van der Waals surface area contributed by atoms with Crippen LogP contribution in [-0.4, -0.2) is 60.1 Å². The van der Waals surface area contributed by atoms with Crippen molar-refractivity contribution < 1.29 is 17.9 Å². The Morgan fingerprint density at radius 1 is 1.42 bits per heavy atom. The van der Waals surface area contributed by atoms with Gasteiger partial charge in [0.15, 0.2) is 0 Å². The molecule has 3 aliphatic rings. The number of amides is 1. The summed E-state index contributed by atoms with van der Waals surface area (Å²) >= 11 is 6.00. The summed E-state index contributed by atoms with van der Waals surface area (Å²) in [7, 11) is -3.46. The molecule has 3 heterocycles. The van der Waals surface area contributed by atoms with Crippen LogP contribution in [0, 0.1) is 0 Å². The number of nitrogens with zero attached hydrogens (tertiary/aromatic N) is 2. The molecular weight excluding hydrogens is 352 g/mol. The molecule has 130 valence electrons. The summed E-state index contributed by atoms with van der Waals surface area (Å²) < 4.78 is 33.5. The number of morpholine rings is 1. The van der Waals surface area contributed by atoms with E-state index in [1.165, 1.54) is 11.2 Å². The number of hydrogen-bond acceptors (Lipinski definition) is 4. The number of halogens is 1. The molecule has 1 aromatic rings. The fraction of sp³-hybridized carbons (Fsp3) is 0.562. The lowest BCUT2D eigenvalue weighted by molar-refractivity contribution is -0.148. The molecule has 1 amide bonds. The fourth-order valence-electron chi connectivity index (χ4n) is 4.17. The van der Waals surface area contributed by atoms with Crippen LogP contribution in [0.5, 0.6) is 0 Å². The van der Waals surface area contributed by atoms with E-state index in [0.717, 1.165) is 5.56 Å². The maximum absolute atomic E-state index is 13.0. The number of benzene rings is 1. The van der Waals surface area contributed by atoms with Gasteiger partial charge in [0.1, 0.15) is 10.9 Å². The molecule has 2 bridgehead atoms. The lowest BCUT2D eigenvalue weighted by atomic mass is 9.99. The van der Waals surface area contributed by atoms with Gasteiger partial charge in [0.05, 0.1) is 12.6 Å². The van der Waals surface area contributed by atoms with Crippen molar-refractivity contribution in [2.45, 2.75) is 36.8 Å². The number of rotatable bonds is 2. The van der Waals surface area contributed by atoms with Crippen molar-refractivity contribution in [2.75, 3.05) is 19.6 Å². The van der Waals surface area contributed by atoms with E-state index in [-0.39, 0.29) is 25.1 Å². The van der Waals surface area contributed by atoms with Crippen LogP contribution in [0.15, 0.2) is 24.3 Å². The van der Waals surface area contributed by atoms with Crippen LogP contribution in [-0.2, 0) is 26.1 Å². The van der Waals surface area contributed by atoms with Gasteiger partial charge in [-0.3, -0.25) is 4.79 Å². The largest absolute Gasteiger partial charge is 0.365 e. The zero-order valence-electron chi connectivity index (χ0n) is 13.3. The minimum absolute atomic E-state index is 0.0333. The van der Waals surface area contributed by atoms with Crippen LogP contribution in [0.4, 0.5) is 0 Å². The van der Waals surface area contributed by atoms with Crippen molar-refractivity contribution in [3.05, 3.63) is 34.9 Å². The topological polar surface area (TPSA) is 66.9 Å². The van der Waals surface area contributed by atoms with Crippen LogP contribution < -0.4 is 0 Å². The number of carbonyl (C=O) groups excluding carboxylic acids is 1. The molecule has 1 aromatic carbocycles. The van der Waals surface area contributed by atoms with Gasteiger partial charge in [-0.1, -0.05) is 23.7 Å². The van der Waals surface area contributed by atoms with E-state index < -0.39 is 20.9 Å². The third-order valence-corrected chi connectivity index (χ3v) is 7.76. The predicted octanol–water partition coefficient (Wildman–Crippen LogP) is 1.24. The second-order valence-corrected chi connectivity index (χ2v) is 9.42. The van der Waals surface area contributed by atoms with Crippen LogP contribution in [0.25, 0.3) is 0 Å². The van der Waals surface area contributed by atoms with Crippen molar-refractivity contribution in [2.24, 2.45) is 0 Å². The molecule has 6 nitrogen and oxygen atoms in total. The highest BCUT2D eigenvalue weighted by Gasteiger charge is 2.65. The Morgan fingerprint density at radius 2 is 2.21 bits per heavy atom. The van der Waals surface area contributed by atoms with Crippen molar-refractivity contribution in [1.29, 1.82) is 0 Å². The minimum Gasteiger partial charge on any atom is -0.365 e. The molecule has 1 spiro atoms. The van der Waals surface area contributed by atoms with Crippen molar-refractivity contribution in [1.82, 2.24) is 9.21 Å². The zero-order valence-corrected chi connectivity index (χ0v) is 14.9. The Bertz CT molecular complexity index is 799.